The average molecular weight is 454 g/mol. The van der Waals surface area contributed by atoms with Crippen LogP contribution in [0.25, 0.3) is 22.2 Å². The highest BCUT2D eigenvalue weighted by atomic mass is 19.1. The van der Waals surface area contributed by atoms with Gasteiger partial charge in [0.1, 0.15) is 5.82 Å². The van der Waals surface area contributed by atoms with Gasteiger partial charge in [0, 0.05) is 48.0 Å². The van der Waals surface area contributed by atoms with E-state index in [1.807, 2.05) is 36.5 Å². The first-order chi connectivity index (χ1) is 16.7. The zero-order valence-electron chi connectivity index (χ0n) is 18.5. The summed E-state index contributed by atoms with van der Waals surface area (Å²) in [5, 5.41) is 4.24. The van der Waals surface area contributed by atoms with Crippen LogP contribution in [0.3, 0.4) is 0 Å². The lowest BCUT2D eigenvalue weighted by atomic mass is 9.91. The predicted octanol–water partition coefficient (Wildman–Crippen LogP) is 5.84. The molecular weight excluding hydrogens is 429 g/mol. The number of amides is 1. The largest absolute Gasteiger partial charge is 0.441 e. The number of nitrogens with zero attached hydrogens (tertiary/aromatic N) is 1. The topological polar surface area (TPSA) is 70.9 Å². The van der Waals surface area contributed by atoms with Gasteiger partial charge in [-0.15, -0.1) is 0 Å². The molecule has 0 aliphatic carbocycles. The average Bonchev–Trinajstić information content (AvgIpc) is 3.52. The minimum atomic E-state index is -0.304. The van der Waals surface area contributed by atoms with Crippen LogP contribution in [0.1, 0.15) is 29.4 Å². The van der Waals surface area contributed by atoms with Crippen LogP contribution in [0, 0.1) is 5.82 Å². The molecule has 3 aromatic carbocycles. The van der Waals surface area contributed by atoms with Gasteiger partial charge in [-0.25, -0.2) is 9.37 Å². The number of halogens is 1. The molecule has 0 aliphatic heterocycles. The van der Waals surface area contributed by atoms with Crippen molar-refractivity contribution in [1.29, 1.82) is 0 Å². The highest BCUT2D eigenvalue weighted by Gasteiger charge is 2.19. The fraction of sp³-hybridized carbons (Fsp3) is 0.143. The van der Waals surface area contributed by atoms with Gasteiger partial charge in [0.2, 0.25) is 5.91 Å². The minimum absolute atomic E-state index is 0.0214. The number of aromatic nitrogens is 2. The quantitative estimate of drug-likeness (QED) is 0.310. The van der Waals surface area contributed by atoms with Crippen molar-refractivity contribution in [2.24, 2.45) is 0 Å². The number of hydrogen-bond donors (Lipinski definition) is 2. The predicted molar refractivity (Wildman–Crippen MR) is 130 cm³/mol. The third kappa shape index (κ3) is 4.76. The number of carbonyl (C=O) groups excluding carboxylic acids is 1. The van der Waals surface area contributed by atoms with Crippen LogP contribution in [-0.2, 0) is 11.2 Å². The van der Waals surface area contributed by atoms with E-state index in [1.54, 1.807) is 18.3 Å². The summed E-state index contributed by atoms with van der Waals surface area (Å²) in [5.41, 5.74) is 4.11. The van der Waals surface area contributed by atoms with Crippen LogP contribution in [0.2, 0.25) is 0 Å². The third-order valence-electron chi connectivity index (χ3n) is 5.95. The first-order valence-corrected chi connectivity index (χ1v) is 11.3. The maximum Gasteiger partial charge on any atom is 0.220 e. The molecule has 0 fully saturated rings. The number of fused-ring (bicyclic) bond motifs is 1. The Bertz CT molecular complexity index is 1390. The lowest BCUT2D eigenvalue weighted by Gasteiger charge is -2.18. The van der Waals surface area contributed by atoms with Gasteiger partial charge in [0.25, 0.3) is 0 Å². The Morgan fingerprint density at radius 2 is 1.76 bits per heavy atom. The summed E-state index contributed by atoms with van der Waals surface area (Å²) in [6.07, 6.45) is 4.27. The minimum Gasteiger partial charge on any atom is -0.441 e. The van der Waals surface area contributed by atoms with Crippen molar-refractivity contribution in [1.82, 2.24) is 15.3 Å². The number of para-hydroxylation sites is 1. The summed E-state index contributed by atoms with van der Waals surface area (Å²) >= 11 is 0. The summed E-state index contributed by atoms with van der Waals surface area (Å²) < 4.78 is 18.9. The van der Waals surface area contributed by atoms with Crippen molar-refractivity contribution in [3.8, 4) is 11.3 Å². The van der Waals surface area contributed by atoms with Crippen LogP contribution < -0.4 is 5.32 Å². The second-order valence-corrected chi connectivity index (χ2v) is 8.18. The fourth-order valence-electron chi connectivity index (χ4n) is 4.17. The van der Waals surface area contributed by atoms with E-state index in [4.69, 9.17) is 4.42 Å². The lowest BCUT2D eigenvalue weighted by molar-refractivity contribution is -0.121. The Morgan fingerprint density at radius 1 is 1.00 bits per heavy atom. The number of oxazole rings is 1. The number of aromatic amines is 1. The van der Waals surface area contributed by atoms with Gasteiger partial charge >= 0.3 is 0 Å². The molecule has 34 heavy (non-hydrogen) atoms. The van der Waals surface area contributed by atoms with Crippen molar-refractivity contribution in [2.75, 3.05) is 6.54 Å². The molecule has 0 spiro atoms. The summed E-state index contributed by atoms with van der Waals surface area (Å²) in [6.45, 7) is 0.483. The fourth-order valence-corrected chi connectivity index (χ4v) is 4.17. The maximum absolute atomic E-state index is 13.1. The highest BCUT2D eigenvalue weighted by molar-refractivity contribution is 5.84. The first kappa shape index (κ1) is 21.6. The second kappa shape index (κ2) is 9.75. The highest BCUT2D eigenvalue weighted by Crippen LogP contribution is 2.30. The third-order valence-corrected chi connectivity index (χ3v) is 5.95. The van der Waals surface area contributed by atoms with E-state index in [9.17, 15) is 9.18 Å². The number of rotatable bonds is 8. The van der Waals surface area contributed by atoms with E-state index >= 15 is 0 Å². The molecule has 0 aliphatic rings. The number of nitrogens with one attached hydrogen (secondary N) is 2. The van der Waals surface area contributed by atoms with Crippen molar-refractivity contribution in [2.45, 2.75) is 18.8 Å². The molecular formula is C28H24FN3O2. The maximum atomic E-state index is 13.1. The van der Waals surface area contributed by atoms with Crippen LogP contribution in [0.5, 0.6) is 0 Å². The summed E-state index contributed by atoms with van der Waals surface area (Å²) in [4.78, 5) is 20.3. The van der Waals surface area contributed by atoms with Gasteiger partial charge in [-0.3, -0.25) is 4.79 Å². The molecule has 2 heterocycles. The Hall–Kier alpha value is -4.19. The smallest absolute Gasteiger partial charge is 0.220 e. The standard InChI is InChI=1S/C28H24FN3O2/c29-21-12-10-20(11-13-21)26-18-32-28(34-26)15-14-27(33)31-16-23(19-6-2-1-3-7-19)24-17-30-25-9-5-4-8-22(24)25/h1-13,17-18,23,30H,14-16H2,(H,31,33). The number of H-pyrrole nitrogens is 1. The van der Waals surface area contributed by atoms with E-state index in [2.05, 4.69) is 39.6 Å². The second-order valence-electron chi connectivity index (χ2n) is 8.18. The van der Waals surface area contributed by atoms with Gasteiger partial charge < -0.3 is 14.7 Å². The molecule has 1 atom stereocenters. The molecule has 2 aromatic heterocycles. The summed E-state index contributed by atoms with van der Waals surface area (Å²) in [6, 6.07) is 24.4. The van der Waals surface area contributed by atoms with Crippen LogP contribution in [0.4, 0.5) is 4.39 Å². The molecule has 0 radical (unpaired) electrons. The van der Waals surface area contributed by atoms with E-state index in [0.29, 0.717) is 24.6 Å². The van der Waals surface area contributed by atoms with Crippen molar-refractivity contribution in [3.63, 3.8) is 0 Å². The molecule has 0 bridgehead atoms. The van der Waals surface area contributed by atoms with Gasteiger partial charge in [0.05, 0.1) is 6.20 Å². The van der Waals surface area contributed by atoms with E-state index in [0.717, 1.165) is 27.6 Å². The Morgan fingerprint density at radius 3 is 2.59 bits per heavy atom. The zero-order chi connectivity index (χ0) is 23.3. The van der Waals surface area contributed by atoms with Crippen LogP contribution in [-0.4, -0.2) is 22.4 Å². The van der Waals surface area contributed by atoms with Gasteiger partial charge in [0.15, 0.2) is 11.7 Å². The zero-order valence-corrected chi connectivity index (χ0v) is 18.5. The number of benzene rings is 3. The first-order valence-electron chi connectivity index (χ1n) is 11.3. The van der Waals surface area contributed by atoms with Crippen LogP contribution in [0.15, 0.2) is 95.7 Å². The van der Waals surface area contributed by atoms with Gasteiger partial charge in [-0.2, -0.15) is 0 Å². The SMILES string of the molecule is O=C(CCc1ncc(-c2ccc(F)cc2)o1)NCC(c1ccccc1)c1c[nH]c2ccccc12. The van der Waals surface area contributed by atoms with E-state index < -0.39 is 0 Å². The van der Waals surface area contributed by atoms with Crippen molar-refractivity contribution < 1.29 is 13.6 Å². The number of aryl methyl sites for hydroxylation is 1. The molecule has 1 unspecified atom stereocenters. The van der Waals surface area contributed by atoms with Crippen molar-refractivity contribution >= 4 is 16.8 Å². The normalized spacial score (nSPS) is 12.0. The molecule has 0 saturated carbocycles. The Labute approximate surface area is 196 Å². The van der Waals surface area contributed by atoms with E-state index in [1.165, 1.54) is 12.1 Å². The summed E-state index contributed by atoms with van der Waals surface area (Å²) in [5.74, 6) is 0.682. The summed E-state index contributed by atoms with van der Waals surface area (Å²) in [7, 11) is 0. The number of carbonyl (C=O) groups is 1. The molecule has 1 amide bonds. The monoisotopic (exact) mass is 453 g/mol. The van der Waals surface area contributed by atoms with E-state index in [-0.39, 0.29) is 24.1 Å². The molecule has 170 valence electrons. The molecule has 2 N–H and O–H groups in total. The number of hydrogen-bond acceptors (Lipinski definition) is 3. The van der Waals surface area contributed by atoms with Crippen molar-refractivity contribution in [3.05, 3.63) is 114 Å². The lowest BCUT2D eigenvalue weighted by Crippen LogP contribution is -2.29. The molecule has 5 aromatic rings. The molecule has 6 heteroatoms. The molecule has 5 rings (SSSR count). The Balaban J connectivity index is 1.24. The van der Waals surface area contributed by atoms with Crippen LogP contribution >= 0.6 is 0 Å². The Kier molecular flexibility index (Phi) is 6.21. The molecule has 5 nitrogen and oxygen atoms in total. The van der Waals surface area contributed by atoms with Gasteiger partial charge in [-0.05, 0) is 41.5 Å². The molecule has 0 saturated heterocycles. The van der Waals surface area contributed by atoms with Gasteiger partial charge in [-0.1, -0.05) is 48.5 Å².